The molecule has 5 heterocycles. The largest absolute Gasteiger partial charge is 0.489 e. The van der Waals surface area contributed by atoms with Crippen LogP contribution in [0.1, 0.15) is 125 Å². The molecule has 3 atom stereocenters. The number of anilines is 2. The first kappa shape index (κ1) is 48.7. The van der Waals surface area contributed by atoms with Gasteiger partial charge >= 0.3 is 0 Å². The number of nitro benzene ring substituents is 1. The SMILES string of the molecule is CC(C)c1ccccc1[C@H]1CCCN1C1CC2(CCN(c3ccc(C(=O)NS(=O)(=O)c4cc5c(c([N+](=O)[O-])c4)N[C@@H]([C@H]4CC[C@](C)(O)CC4)CO5)c(Oc4cc5cc[nH]c5nc4OC[C@H](C)O)c3)CC2)C1. The second kappa shape index (κ2) is 19.2. The molecule has 5 aromatic rings. The number of nitro groups is 1. The van der Waals surface area contributed by atoms with E-state index in [-0.39, 0.29) is 65.0 Å². The topological polar surface area (TPSA) is 222 Å². The molecule has 2 aromatic heterocycles. The number of carbonyl (C=O) groups is 1. The molecule has 18 heteroatoms. The van der Waals surface area contributed by atoms with Gasteiger partial charge in [0.05, 0.1) is 33.1 Å². The minimum atomic E-state index is -4.74. The lowest BCUT2D eigenvalue weighted by molar-refractivity contribution is -0.384. The molecule has 378 valence electrons. The van der Waals surface area contributed by atoms with Crippen LogP contribution in [0.15, 0.2) is 77.8 Å². The number of rotatable bonds is 14. The number of benzene rings is 3. The number of pyridine rings is 1. The number of ether oxygens (including phenoxy) is 3. The fraction of sp³-hybridized carbons (Fsp3) is 0.509. The van der Waals surface area contributed by atoms with Gasteiger partial charge in [-0.15, -0.1) is 0 Å². The second-order valence-corrected chi connectivity index (χ2v) is 23.0. The maximum absolute atomic E-state index is 14.3. The van der Waals surface area contributed by atoms with Crippen molar-refractivity contribution in [3.8, 4) is 23.1 Å². The highest BCUT2D eigenvalue weighted by Gasteiger charge is 2.50. The molecular formula is C53H65N7O10S. The summed E-state index contributed by atoms with van der Waals surface area (Å²) in [6.07, 6.45) is 10.2. The number of hydrogen-bond donors (Lipinski definition) is 5. The molecule has 5 N–H and O–H groups in total. The van der Waals surface area contributed by atoms with E-state index in [0.29, 0.717) is 54.7 Å². The number of sulfonamides is 1. The minimum absolute atomic E-state index is 0.0229. The van der Waals surface area contributed by atoms with Gasteiger partial charge in [-0.25, -0.2) is 13.1 Å². The van der Waals surface area contributed by atoms with Crippen molar-refractivity contribution in [2.45, 2.75) is 133 Å². The lowest BCUT2D eigenvalue weighted by Crippen LogP contribution is -2.54. The molecule has 2 saturated heterocycles. The Hall–Kier alpha value is -5.95. The van der Waals surface area contributed by atoms with Crippen LogP contribution in [0.25, 0.3) is 11.0 Å². The zero-order valence-corrected chi connectivity index (χ0v) is 41.7. The van der Waals surface area contributed by atoms with Crippen molar-refractivity contribution in [2.24, 2.45) is 11.3 Å². The quantitative estimate of drug-likeness (QED) is 0.0518. The lowest BCUT2D eigenvalue weighted by atomic mass is 9.59. The molecule has 3 aromatic carbocycles. The van der Waals surface area contributed by atoms with Gasteiger partial charge in [-0.3, -0.25) is 19.8 Å². The normalized spacial score (nSPS) is 23.9. The van der Waals surface area contributed by atoms with E-state index >= 15 is 0 Å². The molecule has 5 aliphatic rings. The third-order valence-corrected chi connectivity index (χ3v) is 17.1. The molecule has 2 aliphatic carbocycles. The Morgan fingerprint density at radius 2 is 1.76 bits per heavy atom. The van der Waals surface area contributed by atoms with Gasteiger partial charge in [-0.1, -0.05) is 38.1 Å². The summed E-state index contributed by atoms with van der Waals surface area (Å²) >= 11 is 0. The van der Waals surface area contributed by atoms with E-state index in [2.05, 4.69) is 67.9 Å². The molecule has 0 unspecified atom stereocenters. The highest BCUT2D eigenvalue weighted by Crippen LogP contribution is 2.54. The van der Waals surface area contributed by atoms with E-state index in [1.165, 1.54) is 36.1 Å². The van der Waals surface area contributed by atoms with Crippen LogP contribution in [0.2, 0.25) is 0 Å². The number of carbonyl (C=O) groups excluding carboxylic acids is 1. The van der Waals surface area contributed by atoms with Gasteiger partial charge in [0.1, 0.15) is 24.6 Å². The first-order valence-electron chi connectivity index (χ1n) is 25.2. The van der Waals surface area contributed by atoms with Crippen LogP contribution >= 0.6 is 0 Å². The van der Waals surface area contributed by atoms with Crippen molar-refractivity contribution in [1.82, 2.24) is 19.6 Å². The summed E-state index contributed by atoms with van der Waals surface area (Å²) in [7, 11) is -4.74. The van der Waals surface area contributed by atoms with Crippen molar-refractivity contribution in [3.05, 3.63) is 99.7 Å². The molecule has 2 saturated carbocycles. The average molecular weight is 992 g/mol. The van der Waals surface area contributed by atoms with E-state index in [9.17, 15) is 33.5 Å². The molecule has 3 aliphatic heterocycles. The second-order valence-electron chi connectivity index (χ2n) is 21.3. The zero-order chi connectivity index (χ0) is 49.8. The number of aliphatic hydroxyl groups excluding tert-OH is 1. The van der Waals surface area contributed by atoms with Crippen molar-refractivity contribution < 1.29 is 42.6 Å². The van der Waals surface area contributed by atoms with Crippen LogP contribution < -0.4 is 29.1 Å². The Morgan fingerprint density at radius 3 is 2.49 bits per heavy atom. The van der Waals surface area contributed by atoms with Gasteiger partial charge in [0.25, 0.3) is 27.5 Å². The highest BCUT2D eigenvalue weighted by atomic mass is 32.2. The number of H-pyrrole nitrogens is 1. The number of fused-ring (bicyclic) bond motifs is 2. The highest BCUT2D eigenvalue weighted by molar-refractivity contribution is 7.90. The molecule has 17 nitrogen and oxygen atoms in total. The predicted octanol–water partition coefficient (Wildman–Crippen LogP) is 8.97. The standard InChI is InChI=1S/C53H65N7O10S/c1-32(2)39-8-5-6-9-40(39)43-10-7-21-59(43)37-28-53(29-37)18-22-58(23-19-53)36-11-12-41(45(25-36)70-47-24-35-15-20-54-49(35)56-51(47)69-30-33(3)61)50(62)57-71(66,67)38-26-44(60(64)65)48-46(27-38)68-31-42(55-48)34-13-16-52(4,63)17-14-34/h5-6,8-9,11-12,15,20,24-27,32-34,37,42-43,55,61,63H,7,10,13-14,16-19,21-23,28-31H2,1-4H3,(H,54,56)(H,57,62)/t33-,34-,42+,43+,52-/m0/s1. The Kier molecular flexibility index (Phi) is 13.2. The maximum Gasteiger partial charge on any atom is 0.297 e. The molecule has 4 fully saturated rings. The molecular weight excluding hydrogens is 927 g/mol. The summed E-state index contributed by atoms with van der Waals surface area (Å²) in [5.41, 5.74) is 3.12. The Morgan fingerprint density at radius 1 is 1.00 bits per heavy atom. The number of hydrogen-bond acceptors (Lipinski definition) is 14. The number of likely N-dealkylation sites (tertiary alicyclic amines) is 1. The summed E-state index contributed by atoms with van der Waals surface area (Å²) in [4.78, 5) is 38.3. The first-order chi connectivity index (χ1) is 33.9. The average Bonchev–Trinajstić information content (AvgIpc) is 4.02. The Labute approximate surface area is 414 Å². The fourth-order valence-corrected chi connectivity index (χ4v) is 12.8. The third kappa shape index (κ3) is 10.00. The molecule has 10 rings (SSSR count). The number of nitrogens with one attached hydrogen (secondary N) is 3. The fourth-order valence-electron chi connectivity index (χ4n) is 11.8. The van der Waals surface area contributed by atoms with Crippen LogP contribution in [0, 0.1) is 21.4 Å². The van der Waals surface area contributed by atoms with Crippen LogP contribution in [-0.2, 0) is 10.0 Å². The summed E-state index contributed by atoms with van der Waals surface area (Å²) in [6.45, 7) is 10.7. The van der Waals surface area contributed by atoms with Gasteiger partial charge in [0.15, 0.2) is 17.2 Å². The van der Waals surface area contributed by atoms with E-state index in [1.54, 1.807) is 44.3 Å². The number of piperidine rings is 1. The van der Waals surface area contributed by atoms with E-state index < -0.39 is 43.1 Å². The van der Waals surface area contributed by atoms with Crippen LogP contribution in [0.3, 0.4) is 0 Å². The van der Waals surface area contributed by atoms with Crippen molar-refractivity contribution >= 4 is 44.0 Å². The maximum atomic E-state index is 14.3. The number of aliphatic hydroxyl groups is 2. The summed E-state index contributed by atoms with van der Waals surface area (Å²) in [5.74, 6) is -0.290. The Bertz CT molecular complexity index is 2910. The van der Waals surface area contributed by atoms with E-state index in [0.717, 1.165) is 57.1 Å². The number of aromatic nitrogens is 2. The summed E-state index contributed by atoms with van der Waals surface area (Å²) < 4.78 is 48.8. The first-order valence-corrected chi connectivity index (χ1v) is 26.6. The van der Waals surface area contributed by atoms with Crippen LogP contribution in [0.4, 0.5) is 17.1 Å². The molecule has 0 radical (unpaired) electrons. The smallest absolute Gasteiger partial charge is 0.297 e. The zero-order valence-electron chi connectivity index (χ0n) is 40.9. The van der Waals surface area contributed by atoms with Crippen molar-refractivity contribution in [1.29, 1.82) is 0 Å². The summed E-state index contributed by atoms with van der Waals surface area (Å²) in [6, 6.07) is 20.3. The van der Waals surface area contributed by atoms with Gasteiger partial charge in [-0.05, 0) is 137 Å². The van der Waals surface area contributed by atoms with E-state index in [4.69, 9.17) is 14.2 Å². The third-order valence-electron chi connectivity index (χ3n) is 15.8. The van der Waals surface area contributed by atoms with Gasteiger partial charge in [0.2, 0.25) is 0 Å². The van der Waals surface area contributed by atoms with Crippen molar-refractivity contribution in [3.63, 3.8) is 0 Å². The van der Waals surface area contributed by atoms with Crippen molar-refractivity contribution in [2.75, 3.05) is 43.1 Å². The predicted molar refractivity (Wildman–Crippen MR) is 269 cm³/mol. The Balaban J connectivity index is 0.891. The van der Waals surface area contributed by atoms with E-state index in [1.807, 2.05) is 0 Å². The number of aromatic amines is 1. The molecule has 1 spiro atoms. The van der Waals surface area contributed by atoms with Gasteiger partial charge in [-0.2, -0.15) is 4.98 Å². The lowest BCUT2D eigenvalue weighted by Gasteiger charge is -2.56. The number of amides is 1. The van der Waals surface area contributed by atoms with Crippen LogP contribution in [0.5, 0.6) is 23.1 Å². The summed E-state index contributed by atoms with van der Waals surface area (Å²) in [5, 5.41) is 37.0. The molecule has 0 bridgehead atoms. The van der Waals surface area contributed by atoms with Crippen LogP contribution in [-0.4, -0.2) is 101 Å². The minimum Gasteiger partial charge on any atom is -0.489 e. The molecule has 1 amide bonds. The van der Waals surface area contributed by atoms with Gasteiger partial charge < -0.3 is 39.6 Å². The van der Waals surface area contributed by atoms with Gasteiger partial charge in [0, 0.05) is 60.6 Å². The number of nitrogens with zero attached hydrogens (tertiary/aromatic N) is 4. The monoisotopic (exact) mass is 991 g/mol. The molecule has 71 heavy (non-hydrogen) atoms.